The van der Waals surface area contributed by atoms with Gasteiger partial charge in [0.05, 0.1) is 0 Å². The molecule has 0 spiro atoms. The number of anilines is 1. The number of aliphatic imine (C=N–C) groups is 1. The van der Waals surface area contributed by atoms with Crippen LogP contribution in [0.3, 0.4) is 0 Å². The second-order valence-corrected chi connectivity index (χ2v) is 8.36. The minimum Gasteiger partial charge on any atom is -0.404 e. The number of nitrogens with one attached hydrogen (secondary N) is 3. The van der Waals surface area contributed by atoms with Gasteiger partial charge in [-0.25, -0.2) is 0 Å². The third-order valence-corrected chi connectivity index (χ3v) is 5.78. The normalized spacial score (nSPS) is 17.2. The van der Waals surface area contributed by atoms with Crippen LogP contribution in [0, 0.1) is 0 Å². The smallest absolute Gasteiger partial charge is 0.246 e. The van der Waals surface area contributed by atoms with Crippen LogP contribution in [0.4, 0.5) is 5.69 Å². The van der Waals surface area contributed by atoms with Crippen LogP contribution in [-0.2, 0) is 9.53 Å². The summed E-state index contributed by atoms with van der Waals surface area (Å²) < 4.78 is 5.17. The molecule has 2 heterocycles. The molecule has 5 N–H and O–H groups in total. The number of fused-ring (bicyclic) bond motifs is 1. The van der Waals surface area contributed by atoms with Gasteiger partial charge in [0.1, 0.15) is 0 Å². The fourth-order valence-electron chi connectivity index (χ4n) is 3.38. The molecule has 3 rings (SSSR count). The molecule has 1 fully saturated rings. The molecule has 0 bridgehead atoms. The summed E-state index contributed by atoms with van der Waals surface area (Å²) in [5, 5.41) is 9.53. The van der Waals surface area contributed by atoms with Crippen LogP contribution in [0.2, 0.25) is 0 Å². The number of ether oxygens (including phenoxy) is 1. The van der Waals surface area contributed by atoms with Crippen molar-refractivity contribution in [3.8, 4) is 0 Å². The van der Waals surface area contributed by atoms with Gasteiger partial charge in [-0.3, -0.25) is 9.79 Å². The van der Waals surface area contributed by atoms with Gasteiger partial charge in [-0.05, 0) is 77.0 Å². The van der Waals surface area contributed by atoms with E-state index in [1.54, 1.807) is 20.2 Å². The molecule has 35 heavy (non-hydrogen) atoms. The molecule has 0 aliphatic carbocycles. The maximum absolute atomic E-state index is 11.2. The fraction of sp³-hybridized carbons (Fsp3) is 0.571. The zero-order valence-electron chi connectivity index (χ0n) is 23.0. The van der Waals surface area contributed by atoms with E-state index in [2.05, 4.69) is 51.8 Å². The molecule has 0 aromatic heterocycles. The van der Waals surface area contributed by atoms with Crippen LogP contribution in [0.1, 0.15) is 65.4 Å². The van der Waals surface area contributed by atoms with Crippen molar-refractivity contribution in [2.75, 3.05) is 45.7 Å². The Balaban J connectivity index is 0.000000492. The predicted octanol–water partition coefficient (Wildman–Crippen LogP) is 4.63. The van der Waals surface area contributed by atoms with E-state index in [4.69, 9.17) is 10.5 Å². The molecule has 2 aliphatic heterocycles. The highest BCUT2D eigenvalue weighted by Crippen LogP contribution is 2.32. The first-order valence-electron chi connectivity index (χ1n) is 12.7. The van der Waals surface area contributed by atoms with Gasteiger partial charge < -0.3 is 26.4 Å². The summed E-state index contributed by atoms with van der Waals surface area (Å²) in [5.74, 6) is 0.658. The summed E-state index contributed by atoms with van der Waals surface area (Å²) in [5.41, 5.74) is 10.6. The number of amides is 1. The first-order chi connectivity index (χ1) is 16.8. The Kier molecular flexibility index (Phi) is 18.2. The lowest BCUT2D eigenvalue weighted by molar-refractivity contribution is -0.118. The van der Waals surface area contributed by atoms with E-state index in [0.717, 1.165) is 50.4 Å². The van der Waals surface area contributed by atoms with Crippen LogP contribution >= 0.6 is 0 Å². The van der Waals surface area contributed by atoms with Crippen LogP contribution < -0.4 is 21.7 Å². The molecule has 1 saturated heterocycles. The number of allylic oxidation sites excluding steroid dienone is 1. The van der Waals surface area contributed by atoms with E-state index in [1.165, 1.54) is 17.7 Å². The highest BCUT2D eigenvalue weighted by atomic mass is 16.5. The van der Waals surface area contributed by atoms with E-state index in [-0.39, 0.29) is 11.9 Å². The number of hydrogen-bond donors (Lipinski definition) is 4. The van der Waals surface area contributed by atoms with E-state index in [1.807, 2.05) is 34.7 Å². The van der Waals surface area contributed by atoms with Gasteiger partial charge in [-0.15, -0.1) is 0 Å². The Morgan fingerprint density at radius 3 is 2.37 bits per heavy atom. The number of nitrogens with two attached hydrogens (primary N) is 1. The van der Waals surface area contributed by atoms with E-state index in [0.29, 0.717) is 11.5 Å². The molecular weight excluding hydrogens is 438 g/mol. The number of rotatable bonds is 6. The van der Waals surface area contributed by atoms with Crippen LogP contribution in [0.25, 0.3) is 0 Å². The molecule has 0 radical (unpaired) electrons. The Morgan fingerprint density at radius 1 is 1.23 bits per heavy atom. The van der Waals surface area contributed by atoms with E-state index in [9.17, 15) is 4.79 Å². The molecule has 2 aliphatic rings. The number of carbonyl (C=O) groups is 1. The highest BCUT2D eigenvalue weighted by molar-refractivity contribution is 5.97. The Labute approximate surface area is 213 Å². The summed E-state index contributed by atoms with van der Waals surface area (Å²) in [6.45, 7) is 16.9. The monoisotopic (exact) mass is 487 g/mol. The Hall–Kier alpha value is -2.64. The molecular formula is C28H49N5O2. The number of hydrogen-bond acceptors (Lipinski definition) is 6. The maximum atomic E-state index is 11.2. The predicted molar refractivity (Wildman–Crippen MR) is 151 cm³/mol. The van der Waals surface area contributed by atoms with Gasteiger partial charge >= 0.3 is 0 Å². The second kappa shape index (κ2) is 19.6. The van der Waals surface area contributed by atoms with Gasteiger partial charge in [0.2, 0.25) is 5.91 Å². The third kappa shape index (κ3) is 13.1. The van der Waals surface area contributed by atoms with Gasteiger partial charge in [-0.1, -0.05) is 38.6 Å². The summed E-state index contributed by atoms with van der Waals surface area (Å²) in [7, 11) is 3.76. The van der Waals surface area contributed by atoms with Crippen molar-refractivity contribution >= 4 is 17.3 Å². The van der Waals surface area contributed by atoms with Gasteiger partial charge in [0, 0.05) is 55.7 Å². The molecule has 7 nitrogen and oxygen atoms in total. The van der Waals surface area contributed by atoms with Crippen molar-refractivity contribution in [3.05, 3.63) is 53.8 Å². The summed E-state index contributed by atoms with van der Waals surface area (Å²) in [6.07, 6.45) is 4.61. The average molecular weight is 488 g/mol. The van der Waals surface area contributed by atoms with Crippen molar-refractivity contribution in [3.63, 3.8) is 0 Å². The molecule has 1 aromatic rings. The van der Waals surface area contributed by atoms with Gasteiger partial charge in [0.15, 0.2) is 0 Å². The quantitative estimate of drug-likeness (QED) is 0.346. The van der Waals surface area contributed by atoms with Gasteiger partial charge in [-0.2, -0.15) is 0 Å². The Bertz CT molecular complexity index is 782. The lowest BCUT2D eigenvalue weighted by Crippen LogP contribution is -2.39. The van der Waals surface area contributed by atoms with Crippen LogP contribution in [0.5, 0.6) is 0 Å². The average Bonchev–Trinajstić information content (AvgIpc) is 3.32. The molecule has 1 unspecified atom stereocenters. The highest BCUT2D eigenvalue weighted by Gasteiger charge is 2.20. The minimum absolute atomic E-state index is 0.0399. The standard InChI is InChI=1S/C11H16N2.C9H15NO2.C6H12N2.C2H6/c1-12-7-6-9-8-13-11-5-3-2-4-10(9)11;1-7(2)9(11)10-8-3-5-12-6-4-8;1-5(4-7)6(2)8-3;1-2/h2-5,9,12-13H,6-8H2,1H3;8H,1,3-6H2,2H3,(H,10,11);4H,7H2,1-3H3;1-2H3/b;;5-4-,8-6?;. The fourth-order valence-corrected chi connectivity index (χ4v) is 3.38. The molecule has 198 valence electrons. The zero-order valence-corrected chi connectivity index (χ0v) is 23.0. The van der Waals surface area contributed by atoms with Crippen LogP contribution in [-0.4, -0.2) is 58.1 Å². The number of nitrogens with zero attached hydrogens (tertiary/aromatic N) is 1. The molecule has 1 aromatic carbocycles. The van der Waals surface area contributed by atoms with Crippen molar-refractivity contribution in [1.29, 1.82) is 0 Å². The largest absolute Gasteiger partial charge is 0.404 e. The molecule has 1 atom stereocenters. The maximum Gasteiger partial charge on any atom is 0.246 e. The summed E-state index contributed by atoms with van der Waals surface area (Å²) in [6, 6.07) is 8.89. The van der Waals surface area contributed by atoms with Crippen molar-refractivity contribution in [2.24, 2.45) is 10.7 Å². The van der Waals surface area contributed by atoms with Crippen molar-refractivity contribution in [2.45, 2.75) is 65.8 Å². The molecule has 1 amide bonds. The molecule has 7 heteroatoms. The number of carbonyl (C=O) groups excluding carboxylic acids is 1. The topological polar surface area (TPSA) is 101 Å². The number of benzene rings is 1. The minimum atomic E-state index is -0.0399. The second-order valence-electron chi connectivity index (χ2n) is 8.36. The lowest BCUT2D eigenvalue weighted by atomic mass is 9.98. The first kappa shape index (κ1) is 32.4. The lowest BCUT2D eigenvalue weighted by Gasteiger charge is -2.22. The van der Waals surface area contributed by atoms with Crippen molar-refractivity contribution in [1.82, 2.24) is 10.6 Å². The zero-order chi connectivity index (χ0) is 26.6. The van der Waals surface area contributed by atoms with E-state index < -0.39 is 0 Å². The number of para-hydroxylation sites is 1. The van der Waals surface area contributed by atoms with Crippen molar-refractivity contribution < 1.29 is 9.53 Å². The Morgan fingerprint density at radius 2 is 1.86 bits per heavy atom. The SMILES string of the molecule is C=C(C)C(=O)NC1CCOCC1.CC.CN=C(C)/C(C)=C\N.CNCCC1CNc2ccccc21. The first-order valence-corrected chi connectivity index (χ1v) is 12.7. The van der Waals surface area contributed by atoms with E-state index >= 15 is 0 Å². The summed E-state index contributed by atoms with van der Waals surface area (Å²) in [4.78, 5) is 15.1. The third-order valence-electron chi connectivity index (χ3n) is 5.78. The van der Waals surface area contributed by atoms with Crippen LogP contribution in [0.15, 0.2) is 53.2 Å². The molecule has 0 saturated carbocycles. The summed E-state index contributed by atoms with van der Waals surface area (Å²) >= 11 is 0. The van der Waals surface area contributed by atoms with Gasteiger partial charge in [0.25, 0.3) is 0 Å².